The Morgan fingerprint density at radius 1 is 0.952 bits per heavy atom. The molecule has 0 unspecified atom stereocenters. The fourth-order valence-corrected chi connectivity index (χ4v) is 1.57. The number of benzene rings is 2. The van der Waals surface area contributed by atoms with Crippen molar-refractivity contribution >= 4 is 18.1 Å². The zero-order valence-electron chi connectivity index (χ0n) is 11.3. The molecule has 6 heteroatoms. The van der Waals surface area contributed by atoms with Crippen LogP contribution in [0.5, 0.6) is 5.75 Å². The number of nitro groups is 1. The average Bonchev–Trinajstić information content (AvgIpc) is 2.52. The number of hydrogen-bond acceptors (Lipinski definition) is 5. The molecule has 0 atom stereocenters. The van der Waals surface area contributed by atoms with Gasteiger partial charge >= 0.3 is 0 Å². The van der Waals surface area contributed by atoms with Gasteiger partial charge in [-0.1, -0.05) is 0 Å². The molecule has 6 nitrogen and oxygen atoms in total. The third kappa shape index (κ3) is 4.24. The first-order valence-electron chi connectivity index (χ1n) is 6.14. The summed E-state index contributed by atoms with van der Waals surface area (Å²) >= 11 is 0. The van der Waals surface area contributed by atoms with Gasteiger partial charge in [-0.15, -0.1) is 0 Å². The van der Waals surface area contributed by atoms with E-state index in [4.69, 9.17) is 4.74 Å². The number of hydrogen-bond donors (Lipinski definition) is 0. The standard InChI is InChI=1S/C15H13N3O3/c1-21-15-8-4-13(5-9-15)11-17-16-10-12-2-6-14(7-3-12)18(19)20/h2-11H,1H3. The molecule has 0 fully saturated rings. The fourth-order valence-electron chi connectivity index (χ4n) is 1.57. The zero-order valence-corrected chi connectivity index (χ0v) is 11.3. The molecule has 0 amide bonds. The summed E-state index contributed by atoms with van der Waals surface area (Å²) in [7, 11) is 1.61. The van der Waals surface area contributed by atoms with Gasteiger partial charge in [0.1, 0.15) is 5.75 Å². The largest absolute Gasteiger partial charge is 0.497 e. The number of methoxy groups -OCH3 is 1. The first-order chi connectivity index (χ1) is 10.2. The van der Waals surface area contributed by atoms with Gasteiger partial charge in [0, 0.05) is 12.1 Å². The molecule has 0 spiro atoms. The van der Waals surface area contributed by atoms with Gasteiger partial charge in [-0.25, -0.2) is 0 Å². The van der Waals surface area contributed by atoms with E-state index < -0.39 is 4.92 Å². The van der Waals surface area contributed by atoms with Gasteiger partial charge < -0.3 is 4.74 Å². The molecule has 106 valence electrons. The average molecular weight is 283 g/mol. The molecular formula is C15H13N3O3. The Kier molecular flexibility index (Phi) is 4.76. The van der Waals surface area contributed by atoms with Crippen molar-refractivity contribution in [3.05, 3.63) is 69.8 Å². The van der Waals surface area contributed by atoms with Crippen LogP contribution in [0.15, 0.2) is 58.7 Å². The van der Waals surface area contributed by atoms with Crippen molar-refractivity contribution < 1.29 is 9.66 Å². The fraction of sp³-hybridized carbons (Fsp3) is 0.0667. The maximum Gasteiger partial charge on any atom is 0.269 e. The van der Waals surface area contributed by atoms with Crippen LogP contribution in [-0.2, 0) is 0 Å². The predicted octanol–water partition coefficient (Wildman–Crippen LogP) is 3.06. The Hall–Kier alpha value is -3.02. The van der Waals surface area contributed by atoms with E-state index >= 15 is 0 Å². The summed E-state index contributed by atoms with van der Waals surface area (Å²) in [5.74, 6) is 0.779. The van der Waals surface area contributed by atoms with Gasteiger partial charge in [0.2, 0.25) is 0 Å². The van der Waals surface area contributed by atoms with Gasteiger partial charge in [0.25, 0.3) is 5.69 Å². The summed E-state index contributed by atoms with van der Waals surface area (Å²) in [4.78, 5) is 10.1. The lowest BCUT2D eigenvalue weighted by Crippen LogP contribution is -1.88. The Morgan fingerprint density at radius 2 is 1.43 bits per heavy atom. The van der Waals surface area contributed by atoms with Crippen LogP contribution < -0.4 is 4.74 Å². The molecule has 2 aromatic rings. The maximum absolute atomic E-state index is 10.5. The molecular weight excluding hydrogens is 270 g/mol. The Labute approximate surface area is 121 Å². The van der Waals surface area contributed by atoms with E-state index in [1.165, 1.54) is 18.3 Å². The lowest BCUT2D eigenvalue weighted by molar-refractivity contribution is -0.384. The van der Waals surface area contributed by atoms with Crippen molar-refractivity contribution in [2.45, 2.75) is 0 Å². The molecule has 0 bridgehead atoms. The van der Waals surface area contributed by atoms with E-state index in [1.807, 2.05) is 24.3 Å². The molecule has 0 aliphatic rings. The quantitative estimate of drug-likeness (QED) is 0.480. The van der Waals surface area contributed by atoms with E-state index in [0.29, 0.717) is 0 Å². The van der Waals surface area contributed by atoms with Crippen LogP contribution in [0.2, 0.25) is 0 Å². The number of nitrogens with zero attached hydrogens (tertiary/aromatic N) is 3. The van der Waals surface area contributed by atoms with E-state index in [-0.39, 0.29) is 5.69 Å². The maximum atomic E-state index is 10.5. The zero-order chi connectivity index (χ0) is 15.1. The lowest BCUT2D eigenvalue weighted by Gasteiger charge is -1.97. The van der Waals surface area contributed by atoms with Crippen molar-refractivity contribution in [3.8, 4) is 5.75 Å². The Balaban J connectivity index is 1.97. The molecule has 2 aromatic carbocycles. The molecule has 21 heavy (non-hydrogen) atoms. The summed E-state index contributed by atoms with van der Waals surface area (Å²) < 4.78 is 5.06. The third-order valence-corrected chi connectivity index (χ3v) is 2.70. The predicted molar refractivity (Wildman–Crippen MR) is 81.3 cm³/mol. The summed E-state index contributed by atoms with van der Waals surface area (Å²) in [6.45, 7) is 0. The minimum absolute atomic E-state index is 0.0499. The highest BCUT2D eigenvalue weighted by Crippen LogP contribution is 2.11. The van der Waals surface area contributed by atoms with Crippen LogP contribution in [0.25, 0.3) is 0 Å². The van der Waals surface area contributed by atoms with Crippen molar-refractivity contribution in [3.63, 3.8) is 0 Å². The molecule has 2 rings (SSSR count). The van der Waals surface area contributed by atoms with Crippen LogP contribution in [0.4, 0.5) is 5.69 Å². The van der Waals surface area contributed by atoms with E-state index in [2.05, 4.69) is 10.2 Å². The van der Waals surface area contributed by atoms with Crippen LogP contribution in [-0.4, -0.2) is 24.5 Å². The van der Waals surface area contributed by atoms with Crippen molar-refractivity contribution in [1.82, 2.24) is 0 Å². The summed E-state index contributed by atoms with van der Waals surface area (Å²) in [5.41, 5.74) is 1.69. The minimum atomic E-state index is -0.442. The second-order valence-corrected chi connectivity index (χ2v) is 4.11. The topological polar surface area (TPSA) is 77.1 Å². The molecule has 0 N–H and O–H groups in total. The lowest BCUT2D eigenvalue weighted by atomic mass is 10.2. The second kappa shape index (κ2) is 6.95. The summed E-state index contributed by atoms with van der Waals surface area (Å²) in [6, 6.07) is 13.5. The highest BCUT2D eigenvalue weighted by Gasteiger charge is 2.02. The summed E-state index contributed by atoms with van der Waals surface area (Å²) in [6.07, 6.45) is 3.14. The number of nitro benzene ring substituents is 1. The van der Waals surface area contributed by atoms with Crippen LogP contribution in [0, 0.1) is 10.1 Å². The van der Waals surface area contributed by atoms with Crippen LogP contribution in [0.3, 0.4) is 0 Å². The first kappa shape index (κ1) is 14.4. The highest BCUT2D eigenvalue weighted by molar-refractivity contribution is 5.82. The minimum Gasteiger partial charge on any atom is -0.497 e. The number of ether oxygens (including phenoxy) is 1. The Bertz CT molecular complexity index is 662. The molecule has 0 saturated heterocycles. The molecule has 0 aliphatic heterocycles. The van der Waals surface area contributed by atoms with Gasteiger partial charge in [0.15, 0.2) is 0 Å². The normalized spacial score (nSPS) is 11.1. The molecule has 0 radical (unpaired) electrons. The SMILES string of the molecule is COc1ccc(C=NN=Cc2ccc([N+](=O)[O-])cc2)cc1. The van der Waals surface area contributed by atoms with Crippen molar-refractivity contribution in [2.75, 3.05) is 7.11 Å². The number of non-ortho nitro benzene ring substituents is 1. The van der Waals surface area contributed by atoms with E-state index in [9.17, 15) is 10.1 Å². The Morgan fingerprint density at radius 3 is 1.86 bits per heavy atom. The molecule has 0 saturated carbocycles. The van der Waals surface area contributed by atoms with Crippen LogP contribution in [0.1, 0.15) is 11.1 Å². The van der Waals surface area contributed by atoms with E-state index in [0.717, 1.165) is 16.9 Å². The van der Waals surface area contributed by atoms with Gasteiger partial charge in [-0.05, 0) is 47.5 Å². The van der Waals surface area contributed by atoms with Crippen LogP contribution >= 0.6 is 0 Å². The van der Waals surface area contributed by atoms with Gasteiger partial charge in [-0.2, -0.15) is 10.2 Å². The summed E-state index contributed by atoms with van der Waals surface area (Å²) in [5, 5.41) is 18.3. The first-order valence-corrected chi connectivity index (χ1v) is 6.14. The second-order valence-electron chi connectivity index (χ2n) is 4.11. The van der Waals surface area contributed by atoms with Crippen molar-refractivity contribution in [2.24, 2.45) is 10.2 Å². The number of rotatable bonds is 5. The third-order valence-electron chi connectivity index (χ3n) is 2.70. The highest BCUT2D eigenvalue weighted by atomic mass is 16.6. The van der Waals surface area contributed by atoms with E-state index in [1.54, 1.807) is 25.5 Å². The van der Waals surface area contributed by atoms with Gasteiger partial charge in [0.05, 0.1) is 24.5 Å². The smallest absolute Gasteiger partial charge is 0.269 e. The van der Waals surface area contributed by atoms with Crippen molar-refractivity contribution in [1.29, 1.82) is 0 Å². The van der Waals surface area contributed by atoms with Gasteiger partial charge in [-0.3, -0.25) is 10.1 Å². The molecule has 0 heterocycles. The molecule has 0 aliphatic carbocycles. The monoisotopic (exact) mass is 283 g/mol. The molecule has 0 aromatic heterocycles.